The molecule has 0 spiro atoms. The van der Waals surface area contributed by atoms with Crippen molar-refractivity contribution in [1.82, 2.24) is 14.9 Å². The third kappa shape index (κ3) is 3.87. The fourth-order valence-electron chi connectivity index (χ4n) is 3.61. The van der Waals surface area contributed by atoms with Crippen molar-refractivity contribution in [3.8, 4) is 0 Å². The molecule has 1 atom stereocenters. The number of likely N-dealkylation sites (tertiary alicyclic amines) is 1. The largest absolute Gasteiger partial charge is 0.330 e. The molecule has 1 saturated heterocycles. The Morgan fingerprint density at radius 3 is 2.85 bits per heavy atom. The predicted molar refractivity (Wildman–Crippen MR) is 101 cm³/mol. The maximum atomic E-state index is 13.4. The van der Waals surface area contributed by atoms with Gasteiger partial charge in [-0.2, -0.15) is 0 Å². The van der Waals surface area contributed by atoms with Crippen molar-refractivity contribution >= 4 is 5.91 Å². The number of carbonyl (C=O) groups excluding carboxylic acids is 1. The van der Waals surface area contributed by atoms with Crippen molar-refractivity contribution in [2.24, 2.45) is 0 Å². The third-order valence-corrected chi connectivity index (χ3v) is 4.87. The van der Waals surface area contributed by atoms with E-state index in [1.54, 1.807) is 30.6 Å². The van der Waals surface area contributed by atoms with E-state index in [2.05, 4.69) is 4.98 Å². The topological polar surface area (TPSA) is 46.1 Å². The van der Waals surface area contributed by atoms with Crippen molar-refractivity contribution in [1.29, 1.82) is 0 Å². The summed E-state index contributed by atoms with van der Waals surface area (Å²) in [6, 6.07) is 16.0. The zero-order valence-corrected chi connectivity index (χ0v) is 14.9. The highest BCUT2D eigenvalue weighted by atomic mass is 19.1. The van der Waals surface area contributed by atoms with Gasteiger partial charge in [-0.3, -0.25) is 14.8 Å². The molecule has 0 aliphatic carbocycles. The van der Waals surface area contributed by atoms with Crippen LogP contribution in [0.1, 0.15) is 46.2 Å². The molecule has 1 fully saturated rings. The smallest absolute Gasteiger partial charge is 0.255 e. The van der Waals surface area contributed by atoms with Gasteiger partial charge in [-0.25, -0.2) is 4.39 Å². The van der Waals surface area contributed by atoms with Gasteiger partial charge in [0.05, 0.1) is 17.3 Å². The van der Waals surface area contributed by atoms with Gasteiger partial charge in [0.25, 0.3) is 5.91 Å². The van der Waals surface area contributed by atoms with E-state index in [1.807, 2.05) is 29.2 Å². The molecule has 0 saturated carbocycles. The minimum absolute atomic E-state index is 0.0112. The Labute approximate surface area is 157 Å². The van der Waals surface area contributed by atoms with E-state index in [1.165, 1.54) is 12.1 Å². The minimum atomic E-state index is -0.243. The minimum Gasteiger partial charge on any atom is -0.330 e. The number of rotatable bonds is 4. The molecule has 5 heteroatoms. The molecule has 27 heavy (non-hydrogen) atoms. The van der Waals surface area contributed by atoms with Crippen LogP contribution in [0.25, 0.3) is 0 Å². The van der Waals surface area contributed by atoms with Crippen molar-refractivity contribution in [2.45, 2.75) is 25.3 Å². The average molecular weight is 361 g/mol. The summed E-state index contributed by atoms with van der Waals surface area (Å²) in [6.45, 7) is 0.716. The number of halogens is 1. The summed E-state index contributed by atoms with van der Waals surface area (Å²) in [5.41, 5.74) is 3.24. The van der Waals surface area contributed by atoms with Crippen LogP contribution in [0.2, 0.25) is 0 Å². The summed E-state index contributed by atoms with van der Waals surface area (Å²) in [7, 11) is 0. The number of hydrogen-bond acceptors (Lipinski definition) is 3. The Morgan fingerprint density at radius 2 is 2.04 bits per heavy atom. The van der Waals surface area contributed by atoms with E-state index in [-0.39, 0.29) is 17.8 Å². The zero-order chi connectivity index (χ0) is 18.6. The SMILES string of the molecule is O=C(c1cccnc1)N1CCCC1c1cccc(Cc2cccc(F)c2)n1. The number of benzene rings is 1. The lowest BCUT2D eigenvalue weighted by molar-refractivity contribution is 0.0732. The lowest BCUT2D eigenvalue weighted by atomic mass is 10.1. The number of pyridine rings is 2. The van der Waals surface area contributed by atoms with Crippen LogP contribution in [0, 0.1) is 5.82 Å². The van der Waals surface area contributed by atoms with E-state index in [0.29, 0.717) is 18.5 Å². The summed E-state index contributed by atoms with van der Waals surface area (Å²) < 4.78 is 13.4. The molecule has 4 nitrogen and oxygen atoms in total. The van der Waals surface area contributed by atoms with Gasteiger partial charge in [-0.15, -0.1) is 0 Å². The lowest BCUT2D eigenvalue weighted by Crippen LogP contribution is -2.31. The van der Waals surface area contributed by atoms with Gasteiger partial charge in [0.15, 0.2) is 0 Å². The zero-order valence-electron chi connectivity index (χ0n) is 14.9. The normalized spacial score (nSPS) is 16.5. The first-order valence-electron chi connectivity index (χ1n) is 9.12. The first-order chi connectivity index (χ1) is 13.2. The molecule has 2 aromatic heterocycles. The monoisotopic (exact) mass is 361 g/mol. The molecule has 1 aromatic carbocycles. The summed E-state index contributed by atoms with van der Waals surface area (Å²) in [4.78, 5) is 23.6. The molecule has 3 heterocycles. The highest BCUT2D eigenvalue weighted by molar-refractivity contribution is 5.94. The molecule has 1 aliphatic rings. The Balaban J connectivity index is 1.56. The van der Waals surface area contributed by atoms with E-state index in [4.69, 9.17) is 4.98 Å². The van der Waals surface area contributed by atoms with Crippen LogP contribution in [-0.4, -0.2) is 27.3 Å². The molecule has 0 bridgehead atoms. The second-order valence-corrected chi connectivity index (χ2v) is 6.76. The van der Waals surface area contributed by atoms with Crippen molar-refractivity contribution in [3.63, 3.8) is 0 Å². The van der Waals surface area contributed by atoms with Crippen LogP contribution in [0.3, 0.4) is 0 Å². The van der Waals surface area contributed by atoms with Gasteiger partial charge < -0.3 is 4.90 Å². The molecule has 1 unspecified atom stereocenters. The summed E-state index contributed by atoms with van der Waals surface area (Å²) in [6.07, 6.45) is 5.67. The van der Waals surface area contributed by atoms with Gasteiger partial charge in [0.2, 0.25) is 0 Å². The lowest BCUT2D eigenvalue weighted by Gasteiger charge is -2.24. The van der Waals surface area contributed by atoms with Crippen LogP contribution in [0.5, 0.6) is 0 Å². The molecule has 0 N–H and O–H groups in total. The fourth-order valence-corrected chi connectivity index (χ4v) is 3.61. The average Bonchev–Trinajstić information content (AvgIpc) is 3.18. The second kappa shape index (κ2) is 7.66. The maximum absolute atomic E-state index is 13.4. The molecule has 0 radical (unpaired) electrons. The maximum Gasteiger partial charge on any atom is 0.255 e. The van der Waals surface area contributed by atoms with E-state index < -0.39 is 0 Å². The fraction of sp³-hybridized carbons (Fsp3) is 0.227. The summed E-state index contributed by atoms with van der Waals surface area (Å²) in [5.74, 6) is -0.254. The van der Waals surface area contributed by atoms with Crippen molar-refractivity contribution in [2.75, 3.05) is 6.54 Å². The first kappa shape index (κ1) is 17.3. The van der Waals surface area contributed by atoms with Crippen molar-refractivity contribution in [3.05, 3.63) is 95.3 Å². The van der Waals surface area contributed by atoms with Crippen LogP contribution < -0.4 is 0 Å². The number of amides is 1. The molecule has 1 aliphatic heterocycles. The Hall–Kier alpha value is -3.08. The number of aromatic nitrogens is 2. The second-order valence-electron chi connectivity index (χ2n) is 6.76. The highest BCUT2D eigenvalue weighted by Gasteiger charge is 2.31. The van der Waals surface area contributed by atoms with Gasteiger partial charge in [-0.1, -0.05) is 18.2 Å². The van der Waals surface area contributed by atoms with Crippen LogP contribution in [0.4, 0.5) is 4.39 Å². The number of nitrogens with zero attached hydrogens (tertiary/aromatic N) is 3. The van der Waals surface area contributed by atoms with Crippen LogP contribution in [0.15, 0.2) is 67.0 Å². The molecule has 3 aromatic rings. The van der Waals surface area contributed by atoms with Gasteiger partial charge in [0.1, 0.15) is 5.82 Å². The van der Waals surface area contributed by atoms with Gasteiger partial charge >= 0.3 is 0 Å². The van der Waals surface area contributed by atoms with E-state index in [0.717, 1.165) is 29.8 Å². The van der Waals surface area contributed by atoms with E-state index in [9.17, 15) is 9.18 Å². The Bertz CT molecular complexity index is 945. The van der Waals surface area contributed by atoms with Gasteiger partial charge in [0, 0.05) is 31.1 Å². The first-order valence-corrected chi connectivity index (χ1v) is 9.12. The highest BCUT2D eigenvalue weighted by Crippen LogP contribution is 2.32. The molecule has 136 valence electrons. The number of hydrogen-bond donors (Lipinski definition) is 0. The quantitative estimate of drug-likeness (QED) is 0.700. The summed E-state index contributed by atoms with van der Waals surface area (Å²) >= 11 is 0. The molecule has 4 rings (SSSR count). The van der Waals surface area contributed by atoms with Crippen molar-refractivity contribution < 1.29 is 9.18 Å². The summed E-state index contributed by atoms with van der Waals surface area (Å²) in [5, 5.41) is 0. The van der Waals surface area contributed by atoms with Gasteiger partial charge in [-0.05, 0) is 54.8 Å². The Kier molecular flexibility index (Phi) is 4.92. The van der Waals surface area contributed by atoms with Crippen LogP contribution in [-0.2, 0) is 6.42 Å². The predicted octanol–water partition coefficient (Wildman–Crippen LogP) is 4.18. The molecule has 1 amide bonds. The van der Waals surface area contributed by atoms with Crippen LogP contribution >= 0.6 is 0 Å². The number of carbonyl (C=O) groups is 1. The van der Waals surface area contributed by atoms with E-state index >= 15 is 0 Å². The standard InChI is InChI=1S/C22H20FN3O/c23-18-7-1-5-16(13-18)14-19-8-2-9-20(25-19)21-10-4-12-26(21)22(27)17-6-3-11-24-15-17/h1-3,5-9,11,13,15,21H,4,10,12,14H2. The molecular weight excluding hydrogens is 341 g/mol. The third-order valence-electron chi connectivity index (χ3n) is 4.87. The molecular formula is C22H20FN3O. The Morgan fingerprint density at radius 1 is 1.15 bits per heavy atom.